The number of hydrogen-bond acceptors (Lipinski definition) is 2. The molecule has 0 fully saturated rings. The molecule has 0 aliphatic rings. The number of anilines is 1. The molecule has 1 rings (SSSR count). The van der Waals surface area contributed by atoms with Crippen LogP contribution >= 0.6 is 0 Å². The molecule has 1 aromatic carbocycles. The fraction of sp³-hybridized carbons (Fsp3) is 0.625. The van der Waals surface area contributed by atoms with Gasteiger partial charge in [0.2, 0.25) is 0 Å². The predicted molar refractivity (Wildman–Crippen MR) is 81.3 cm³/mol. The van der Waals surface area contributed by atoms with E-state index in [1.807, 2.05) is 7.05 Å². The molecule has 0 aromatic heterocycles. The van der Waals surface area contributed by atoms with Gasteiger partial charge in [0.25, 0.3) is 0 Å². The van der Waals surface area contributed by atoms with Gasteiger partial charge in [0.15, 0.2) is 0 Å². The van der Waals surface area contributed by atoms with Crippen LogP contribution in [-0.4, -0.2) is 20.6 Å². The number of hydrogen-bond donors (Lipinski definition) is 1. The Hall–Kier alpha value is -1.02. The SMILES string of the molecule is CCC(NC)c1ccccc1N(C)CC(C)(C)C. The van der Waals surface area contributed by atoms with Crippen LogP contribution in [0.25, 0.3) is 0 Å². The highest BCUT2D eigenvalue weighted by molar-refractivity contribution is 5.54. The second kappa shape index (κ2) is 6.24. The van der Waals surface area contributed by atoms with Crippen LogP contribution in [-0.2, 0) is 0 Å². The topological polar surface area (TPSA) is 15.3 Å². The minimum absolute atomic E-state index is 0.309. The van der Waals surface area contributed by atoms with E-state index in [0.29, 0.717) is 11.5 Å². The molecule has 102 valence electrons. The van der Waals surface area contributed by atoms with Crippen molar-refractivity contribution >= 4 is 5.69 Å². The van der Waals surface area contributed by atoms with Gasteiger partial charge in [-0.25, -0.2) is 0 Å². The molecular weight excluding hydrogens is 220 g/mol. The molecule has 1 N–H and O–H groups in total. The van der Waals surface area contributed by atoms with Crippen LogP contribution < -0.4 is 10.2 Å². The molecule has 0 aliphatic carbocycles. The van der Waals surface area contributed by atoms with Crippen molar-refractivity contribution in [1.29, 1.82) is 0 Å². The number of rotatable bonds is 5. The summed E-state index contributed by atoms with van der Waals surface area (Å²) in [6.07, 6.45) is 1.11. The van der Waals surface area contributed by atoms with E-state index in [1.165, 1.54) is 11.3 Å². The maximum absolute atomic E-state index is 3.40. The summed E-state index contributed by atoms with van der Waals surface area (Å²) in [5, 5.41) is 3.40. The van der Waals surface area contributed by atoms with Gasteiger partial charge in [0.1, 0.15) is 0 Å². The molecule has 2 nitrogen and oxygen atoms in total. The van der Waals surface area contributed by atoms with Crippen LogP contribution in [0.2, 0.25) is 0 Å². The van der Waals surface area contributed by atoms with E-state index in [1.54, 1.807) is 0 Å². The number of nitrogens with one attached hydrogen (secondary N) is 1. The molecule has 1 aromatic rings. The van der Waals surface area contributed by atoms with Gasteiger partial charge in [-0.1, -0.05) is 45.9 Å². The van der Waals surface area contributed by atoms with Gasteiger partial charge in [-0.05, 0) is 30.5 Å². The summed E-state index contributed by atoms with van der Waals surface area (Å²) in [4.78, 5) is 2.37. The molecule has 0 saturated carbocycles. The lowest BCUT2D eigenvalue weighted by atomic mass is 9.95. The number of nitrogens with zero attached hydrogens (tertiary/aromatic N) is 1. The van der Waals surface area contributed by atoms with E-state index >= 15 is 0 Å². The van der Waals surface area contributed by atoms with Gasteiger partial charge in [-0.3, -0.25) is 0 Å². The summed E-state index contributed by atoms with van der Waals surface area (Å²) in [6, 6.07) is 9.15. The van der Waals surface area contributed by atoms with Gasteiger partial charge in [0, 0.05) is 25.3 Å². The minimum atomic E-state index is 0.309. The summed E-state index contributed by atoms with van der Waals surface area (Å²) in [7, 11) is 4.22. The highest BCUT2D eigenvalue weighted by Crippen LogP contribution is 2.29. The van der Waals surface area contributed by atoms with Crippen molar-refractivity contribution < 1.29 is 0 Å². The number of para-hydroxylation sites is 1. The van der Waals surface area contributed by atoms with E-state index in [2.05, 4.69) is 69.2 Å². The van der Waals surface area contributed by atoms with Crippen LogP contribution in [0.15, 0.2) is 24.3 Å². The molecule has 18 heavy (non-hydrogen) atoms. The first-order chi connectivity index (χ1) is 8.39. The van der Waals surface area contributed by atoms with Gasteiger partial charge < -0.3 is 10.2 Å². The lowest BCUT2D eigenvalue weighted by molar-refractivity contribution is 0.418. The third-order valence-electron chi connectivity index (χ3n) is 3.19. The van der Waals surface area contributed by atoms with Crippen molar-refractivity contribution in [3.8, 4) is 0 Å². The first-order valence-corrected chi connectivity index (χ1v) is 6.86. The smallest absolute Gasteiger partial charge is 0.0412 e. The summed E-state index contributed by atoms with van der Waals surface area (Å²) >= 11 is 0. The van der Waals surface area contributed by atoms with Crippen LogP contribution in [0.3, 0.4) is 0 Å². The lowest BCUT2D eigenvalue weighted by Gasteiger charge is -2.31. The first-order valence-electron chi connectivity index (χ1n) is 6.86. The fourth-order valence-electron chi connectivity index (χ4n) is 2.51. The van der Waals surface area contributed by atoms with E-state index < -0.39 is 0 Å². The molecule has 1 atom stereocenters. The van der Waals surface area contributed by atoms with E-state index in [-0.39, 0.29) is 0 Å². The summed E-state index contributed by atoms with van der Waals surface area (Å²) in [5.74, 6) is 0. The average molecular weight is 248 g/mol. The maximum Gasteiger partial charge on any atom is 0.0412 e. The van der Waals surface area contributed by atoms with Crippen molar-refractivity contribution in [2.24, 2.45) is 5.41 Å². The normalized spacial score (nSPS) is 13.4. The maximum atomic E-state index is 3.40. The van der Waals surface area contributed by atoms with Gasteiger partial charge in [-0.15, -0.1) is 0 Å². The Kier molecular flexibility index (Phi) is 5.21. The largest absolute Gasteiger partial charge is 0.374 e. The van der Waals surface area contributed by atoms with Crippen LogP contribution in [0.5, 0.6) is 0 Å². The minimum Gasteiger partial charge on any atom is -0.374 e. The van der Waals surface area contributed by atoms with E-state index in [0.717, 1.165) is 13.0 Å². The molecular formula is C16H28N2. The predicted octanol–water partition coefficient (Wildman–Crippen LogP) is 3.84. The molecule has 0 bridgehead atoms. The van der Waals surface area contributed by atoms with Crippen LogP contribution in [0.4, 0.5) is 5.69 Å². The fourth-order valence-corrected chi connectivity index (χ4v) is 2.51. The molecule has 0 amide bonds. The van der Waals surface area contributed by atoms with E-state index in [9.17, 15) is 0 Å². The molecule has 0 spiro atoms. The Morgan fingerprint density at radius 1 is 1.22 bits per heavy atom. The van der Waals surface area contributed by atoms with Crippen molar-refractivity contribution in [3.63, 3.8) is 0 Å². The third-order valence-corrected chi connectivity index (χ3v) is 3.19. The molecule has 1 unspecified atom stereocenters. The monoisotopic (exact) mass is 248 g/mol. The van der Waals surface area contributed by atoms with Gasteiger partial charge in [0.05, 0.1) is 0 Å². The van der Waals surface area contributed by atoms with Gasteiger partial charge >= 0.3 is 0 Å². The Morgan fingerprint density at radius 3 is 2.33 bits per heavy atom. The second-order valence-electron chi connectivity index (χ2n) is 6.23. The summed E-state index contributed by atoms with van der Waals surface area (Å²) in [5.41, 5.74) is 3.05. The Balaban J connectivity index is 3.01. The Bertz CT molecular complexity index is 362. The zero-order valence-corrected chi connectivity index (χ0v) is 12.7. The highest BCUT2D eigenvalue weighted by atomic mass is 15.1. The average Bonchev–Trinajstić information content (AvgIpc) is 2.29. The van der Waals surface area contributed by atoms with Crippen molar-refractivity contribution in [3.05, 3.63) is 29.8 Å². The molecule has 0 saturated heterocycles. The zero-order valence-electron chi connectivity index (χ0n) is 12.7. The summed E-state index contributed by atoms with van der Waals surface area (Å²) < 4.78 is 0. The highest BCUT2D eigenvalue weighted by Gasteiger charge is 2.18. The quantitative estimate of drug-likeness (QED) is 0.851. The molecule has 0 radical (unpaired) electrons. The van der Waals surface area contributed by atoms with Crippen LogP contribution in [0.1, 0.15) is 45.7 Å². The van der Waals surface area contributed by atoms with Crippen molar-refractivity contribution in [2.75, 3.05) is 25.5 Å². The Labute approximate surface area is 112 Å². The second-order valence-corrected chi connectivity index (χ2v) is 6.23. The van der Waals surface area contributed by atoms with Crippen molar-refractivity contribution in [1.82, 2.24) is 5.32 Å². The lowest BCUT2D eigenvalue weighted by Crippen LogP contribution is -2.30. The summed E-state index contributed by atoms with van der Waals surface area (Å²) in [6.45, 7) is 10.1. The van der Waals surface area contributed by atoms with Crippen molar-refractivity contribution in [2.45, 2.75) is 40.2 Å². The number of benzene rings is 1. The van der Waals surface area contributed by atoms with Gasteiger partial charge in [-0.2, -0.15) is 0 Å². The zero-order chi connectivity index (χ0) is 13.8. The molecule has 0 heterocycles. The van der Waals surface area contributed by atoms with E-state index in [4.69, 9.17) is 0 Å². The standard InChI is InChI=1S/C16H28N2/c1-7-14(17-5)13-10-8-9-11-15(13)18(6)12-16(2,3)4/h8-11,14,17H,7,12H2,1-6H3. The molecule has 0 aliphatic heterocycles. The first kappa shape index (κ1) is 15.0. The third kappa shape index (κ3) is 4.02. The Morgan fingerprint density at radius 2 is 1.83 bits per heavy atom. The molecule has 2 heteroatoms. The van der Waals surface area contributed by atoms with Crippen LogP contribution in [0, 0.1) is 5.41 Å².